The van der Waals surface area contributed by atoms with E-state index >= 15 is 0 Å². The van der Waals surface area contributed by atoms with Gasteiger partial charge in [0.05, 0.1) is 0 Å². The summed E-state index contributed by atoms with van der Waals surface area (Å²) < 4.78 is 0. The lowest BCUT2D eigenvalue weighted by Crippen LogP contribution is -2.14. The number of hydrogen-bond acceptors (Lipinski definition) is 0. The fourth-order valence-electron chi connectivity index (χ4n) is 2.70. The molecular formula is C18H26. The predicted molar refractivity (Wildman–Crippen MR) is 83.4 cm³/mol. The highest BCUT2D eigenvalue weighted by Gasteiger charge is 2.30. The summed E-state index contributed by atoms with van der Waals surface area (Å²) in [5.74, 6) is 0. The Balaban J connectivity index is 0.000000371. The lowest BCUT2D eigenvalue weighted by Gasteiger charge is -2.18. The van der Waals surface area contributed by atoms with Crippen LogP contribution in [0, 0.1) is 0 Å². The zero-order valence-electron chi connectivity index (χ0n) is 12.7. The van der Waals surface area contributed by atoms with Gasteiger partial charge in [-0.15, -0.1) is 0 Å². The Labute approximate surface area is 112 Å². The number of rotatable bonds is 0. The molecule has 0 fully saturated rings. The molecule has 18 heavy (non-hydrogen) atoms. The first-order valence-corrected chi connectivity index (χ1v) is 7.20. The van der Waals surface area contributed by atoms with Gasteiger partial charge in [0.25, 0.3) is 0 Å². The molecule has 0 atom stereocenters. The Hall–Kier alpha value is -1.30. The van der Waals surface area contributed by atoms with Crippen molar-refractivity contribution in [2.24, 2.45) is 0 Å². The van der Waals surface area contributed by atoms with Crippen LogP contribution in [0.3, 0.4) is 0 Å². The van der Waals surface area contributed by atoms with Gasteiger partial charge in [-0.1, -0.05) is 77.9 Å². The maximum Gasteiger partial charge on any atom is -0.00567 e. The second-order valence-electron chi connectivity index (χ2n) is 4.88. The summed E-state index contributed by atoms with van der Waals surface area (Å²) in [7, 11) is 0. The Kier molecular flexibility index (Phi) is 4.95. The Morgan fingerprint density at radius 2 is 1.39 bits per heavy atom. The third-order valence-electron chi connectivity index (χ3n) is 3.35. The van der Waals surface area contributed by atoms with E-state index in [-0.39, 0.29) is 0 Å². The molecule has 0 bridgehead atoms. The molecule has 0 heterocycles. The predicted octanol–water partition coefficient (Wildman–Crippen LogP) is 5.73. The van der Waals surface area contributed by atoms with Crippen LogP contribution in [0.25, 0.3) is 10.8 Å². The molecule has 0 amide bonds. The minimum atomic E-state index is 0.323. The minimum absolute atomic E-state index is 0.323. The van der Waals surface area contributed by atoms with Gasteiger partial charge in [-0.3, -0.25) is 0 Å². The van der Waals surface area contributed by atoms with E-state index in [0.29, 0.717) is 5.41 Å². The SMILES string of the molecule is CC.CC.CC1(C)Cc2cccc3cccc1c23. The van der Waals surface area contributed by atoms with Gasteiger partial charge in [0.2, 0.25) is 0 Å². The van der Waals surface area contributed by atoms with Crippen molar-refractivity contribution in [1.82, 2.24) is 0 Å². The van der Waals surface area contributed by atoms with Crippen molar-refractivity contribution in [3.63, 3.8) is 0 Å². The first-order chi connectivity index (χ1) is 8.68. The molecule has 0 aliphatic heterocycles. The highest BCUT2D eigenvalue weighted by Crippen LogP contribution is 2.41. The summed E-state index contributed by atoms with van der Waals surface area (Å²) in [6.45, 7) is 12.7. The molecule has 0 N–H and O–H groups in total. The average molecular weight is 242 g/mol. The molecule has 0 heteroatoms. The quantitative estimate of drug-likeness (QED) is 0.553. The lowest BCUT2D eigenvalue weighted by molar-refractivity contribution is 0.546. The molecule has 98 valence electrons. The molecule has 0 radical (unpaired) electrons. The second-order valence-corrected chi connectivity index (χ2v) is 4.88. The van der Waals surface area contributed by atoms with Gasteiger partial charge in [0, 0.05) is 0 Å². The van der Waals surface area contributed by atoms with Gasteiger partial charge >= 0.3 is 0 Å². The van der Waals surface area contributed by atoms with E-state index in [4.69, 9.17) is 0 Å². The van der Waals surface area contributed by atoms with Crippen LogP contribution in [0.4, 0.5) is 0 Å². The Morgan fingerprint density at radius 1 is 0.833 bits per heavy atom. The number of benzene rings is 2. The van der Waals surface area contributed by atoms with Crippen molar-refractivity contribution in [3.8, 4) is 0 Å². The van der Waals surface area contributed by atoms with E-state index in [2.05, 4.69) is 50.2 Å². The smallest absolute Gasteiger partial charge is 0.00567 e. The lowest BCUT2D eigenvalue weighted by atomic mass is 9.86. The molecular weight excluding hydrogens is 216 g/mol. The first-order valence-electron chi connectivity index (χ1n) is 7.20. The zero-order chi connectivity index (χ0) is 13.8. The Morgan fingerprint density at radius 3 is 2.00 bits per heavy atom. The largest absolute Gasteiger partial charge is 0.0683 e. The third kappa shape index (κ3) is 2.43. The molecule has 0 nitrogen and oxygen atoms in total. The van der Waals surface area contributed by atoms with Crippen molar-refractivity contribution >= 4 is 10.8 Å². The van der Waals surface area contributed by atoms with Gasteiger partial charge in [-0.25, -0.2) is 0 Å². The summed E-state index contributed by atoms with van der Waals surface area (Å²) in [5, 5.41) is 2.89. The highest BCUT2D eigenvalue weighted by molar-refractivity contribution is 5.92. The van der Waals surface area contributed by atoms with Gasteiger partial charge in [0.1, 0.15) is 0 Å². The van der Waals surface area contributed by atoms with Crippen LogP contribution in [-0.4, -0.2) is 0 Å². The molecule has 0 saturated heterocycles. The summed E-state index contributed by atoms with van der Waals surface area (Å²) in [4.78, 5) is 0. The van der Waals surface area contributed by atoms with Gasteiger partial charge in [-0.05, 0) is 33.7 Å². The number of hydrogen-bond donors (Lipinski definition) is 0. The van der Waals surface area contributed by atoms with Crippen molar-refractivity contribution in [3.05, 3.63) is 47.5 Å². The van der Waals surface area contributed by atoms with Crippen LogP contribution in [0.15, 0.2) is 36.4 Å². The fourth-order valence-corrected chi connectivity index (χ4v) is 2.70. The summed E-state index contributed by atoms with van der Waals surface area (Å²) >= 11 is 0. The standard InChI is InChI=1S/C14H14.2C2H6/c1-14(2)9-11-7-3-5-10-6-4-8-12(14)13(10)11;2*1-2/h3-8H,9H2,1-2H3;2*1-2H3. The molecule has 0 aromatic heterocycles. The Bertz CT molecular complexity index is 501. The van der Waals surface area contributed by atoms with Crippen LogP contribution in [0.5, 0.6) is 0 Å². The molecule has 0 spiro atoms. The maximum atomic E-state index is 2.34. The average Bonchev–Trinajstić information content (AvgIpc) is 2.68. The van der Waals surface area contributed by atoms with Gasteiger partial charge < -0.3 is 0 Å². The van der Waals surface area contributed by atoms with E-state index in [1.165, 1.54) is 28.3 Å². The van der Waals surface area contributed by atoms with E-state index < -0.39 is 0 Å². The van der Waals surface area contributed by atoms with Crippen LogP contribution in [-0.2, 0) is 11.8 Å². The molecule has 0 saturated carbocycles. The zero-order valence-corrected chi connectivity index (χ0v) is 12.7. The fraction of sp³-hybridized carbons (Fsp3) is 0.444. The van der Waals surface area contributed by atoms with Crippen LogP contribution < -0.4 is 0 Å². The van der Waals surface area contributed by atoms with E-state index in [1.54, 1.807) is 0 Å². The normalized spacial score (nSPS) is 14.3. The summed E-state index contributed by atoms with van der Waals surface area (Å²) in [6.07, 6.45) is 1.18. The van der Waals surface area contributed by atoms with Crippen LogP contribution in [0.1, 0.15) is 52.7 Å². The second kappa shape index (κ2) is 6.04. The molecule has 1 aliphatic carbocycles. The first kappa shape index (κ1) is 14.8. The van der Waals surface area contributed by atoms with E-state index in [1.807, 2.05) is 27.7 Å². The third-order valence-corrected chi connectivity index (χ3v) is 3.35. The van der Waals surface area contributed by atoms with E-state index in [9.17, 15) is 0 Å². The molecule has 2 aromatic carbocycles. The maximum absolute atomic E-state index is 2.34. The molecule has 0 unspecified atom stereocenters. The minimum Gasteiger partial charge on any atom is -0.0683 e. The van der Waals surface area contributed by atoms with Crippen molar-refractivity contribution in [1.29, 1.82) is 0 Å². The van der Waals surface area contributed by atoms with Crippen molar-refractivity contribution < 1.29 is 0 Å². The van der Waals surface area contributed by atoms with Gasteiger partial charge in [0.15, 0.2) is 0 Å². The highest BCUT2D eigenvalue weighted by atomic mass is 14.3. The van der Waals surface area contributed by atoms with Gasteiger partial charge in [-0.2, -0.15) is 0 Å². The topological polar surface area (TPSA) is 0 Å². The summed E-state index contributed by atoms with van der Waals surface area (Å²) in [5.41, 5.74) is 3.36. The monoisotopic (exact) mass is 242 g/mol. The van der Waals surface area contributed by atoms with E-state index in [0.717, 1.165) is 0 Å². The summed E-state index contributed by atoms with van der Waals surface area (Å²) in [6, 6.07) is 13.3. The molecule has 3 rings (SSSR count). The van der Waals surface area contributed by atoms with Crippen molar-refractivity contribution in [2.45, 2.75) is 53.4 Å². The van der Waals surface area contributed by atoms with Crippen LogP contribution >= 0.6 is 0 Å². The molecule has 2 aromatic rings. The van der Waals surface area contributed by atoms with Crippen molar-refractivity contribution in [2.75, 3.05) is 0 Å². The van der Waals surface area contributed by atoms with Crippen LogP contribution in [0.2, 0.25) is 0 Å². The molecule has 1 aliphatic rings.